The first-order valence-electron chi connectivity index (χ1n) is 9.70. The van der Waals surface area contributed by atoms with Gasteiger partial charge in [0.2, 0.25) is 0 Å². The molecule has 0 amide bonds. The zero-order valence-corrected chi connectivity index (χ0v) is 17.2. The highest BCUT2D eigenvalue weighted by atomic mass is 14.4. The second kappa shape index (κ2) is 6.58. The lowest BCUT2D eigenvalue weighted by atomic mass is 9.62. The lowest BCUT2D eigenvalue weighted by Gasteiger charge is -2.42. The molecule has 0 saturated carbocycles. The molecule has 0 spiro atoms. The van der Waals surface area contributed by atoms with Gasteiger partial charge in [-0.05, 0) is 70.9 Å². The summed E-state index contributed by atoms with van der Waals surface area (Å²) in [6, 6.07) is 13.5. The minimum Gasteiger partial charge on any atom is -0.0955 e. The fourth-order valence-corrected chi connectivity index (χ4v) is 3.98. The molecule has 0 N–H and O–H groups in total. The van der Waals surface area contributed by atoms with Gasteiger partial charge in [-0.2, -0.15) is 0 Å². The molecule has 26 heavy (non-hydrogen) atoms. The minimum absolute atomic E-state index is 0.254. The van der Waals surface area contributed by atoms with E-state index in [9.17, 15) is 0 Å². The van der Waals surface area contributed by atoms with Crippen molar-refractivity contribution in [2.75, 3.05) is 0 Å². The molecule has 0 saturated heterocycles. The van der Waals surface area contributed by atoms with Crippen LogP contribution in [0.5, 0.6) is 0 Å². The number of allylic oxidation sites excluding steroid dienone is 1. The van der Waals surface area contributed by atoms with Crippen LogP contribution in [0.4, 0.5) is 0 Å². The average Bonchev–Trinajstić information content (AvgIpc) is 2.58. The summed E-state index contributed by atoms with van der Waals surface area (Å²) in [5.74, 6) is 0. The Labute approximate surface area is 159 Å². The summed E-state index contributed by atoms with van der Waals surface area (Å²) in [5.41, 5.74) is 9.83. The Kier molecular flexibility index (Phi) is 4.73. The molecule has 1 aliphatic rings. The maximum atomic E-state index is 4.01. The summed E-state index contributed by atoms with van der Waals surface area (Å²) in [5, 5.41) is 0. The first kappa shape index (κ1) is 18.7. The van der Waals surface area contributed by atoms with Crippen LogP contribution in [0.25, 0.3) is 17.7 Å². The summed E-state index contributed by atoms with van der Waals surface area (Å²) in [6.45, 7) is 17.8. The van der Waals surface area contributed by atoms with Gasteiger partial charge in [-0.25, -0.2) is 0 Å². The summed E-state index contributed by atoms with van der Waals surface area (Å²) in [4.78, 5) is 0. The number of hydrogen-bond acceptors (Lipinski definition) is 0. The topological polar surface area (TPSA) is 0 Å². The number of hydrogen-bond donors (Lipinski definition) is 0. The molecule has 0 aliphatic heterocycles. The second-order valence-electron chi connectivity index (χ2n) is 9.26. The molecule has 3 rings (SSSR count). The van der Waals surface area contributed by atoms with E-state index in [1.807, 2.05) is 6.92 Å². The van der Waals surface area contributed by atoms with Crippen molar-refractivity contribution in [2.24, 2.45) is 0 Å². The first-order valence-corrected chi connectivity index (χ1v) is 9.70. The molecule has 0 unspecified atom stereocenters. The van der Waals surface area contributed by atoms with Gasteiger partial charge in [-0.1, -0.05) is 88.4 Å². The molecule has 0 nitrogen and oxygen atoms in total. The fourth-order valence-electron chi connectivity index (χ4n) is 3.98. The smallest absolute Gasteiger partial charge is 0.0100 e. The Balaban J connectivity index is 1.97. The molecule has 0 heteroatoms. The van der Waals surface area contributed by atoms with Crippen LogP contribution in [-0.4, -0.2) is 0 Å². The van der Waals surface area contributed by atoms with Crippen LogP contribution in [-0.2, 0) is 10.8 Å². The molecule has 0 aromatic heterocycles. The van der Waals surface area contributed by atoms with E-state index >= 15 is 0 Å². The lowest BCUT2D eigenvalue weighted by Crippen LogP contribution is -2.34. The predicted octanol–water partition coefficient (Wildman–Crippen LogP) is 7.55. The summed E-state index contributed by atoms with van der Waals surface area (Å²) in [7, 11) is 0. The van der Waals surface area contributed by atoms with Gasteiger partial charge in [0.25, 0.3) is 0 Å². The highest BCUT2D eigenvalue weighted by Crippen LogP contribution is 2.46. The van der Waals surface area contributed by atoms with E-state index in [0.717, 1.165) is 5.57 Å². The lowest BCUT2D eigenvalue weighted by molar-refractivity contribution is 0.331. The zero-order valence-electron chi connectivity index (χ0n) is 17.2. The Morgan fingerprint density at radius 2 is 1.42 bits per heavy atom. The highest BCUT2D eigenvalue weighted by Gasteiger charge is 2.37. The van der Waals surface area contributed by atoms with Crippen molar-refractivity contribution in [1.82, 2.24) is 0 Å². The standard InChI is InChI=1S/C26H32/c1-18(2)21-11-8-20(9-12-21)10-13-22-17-24-23(16-19(22)3)25(4,5)14-15-26(24,6)7/h8-13,16-17H,1,14-15H2,2-7H3/b13-10+. The van der Waals surface area contributed by atoms with Gasteiger partial charge in [0.05, 0.1) is 0 Å². The molecular weight excluding hydrogens is 312 g/mol. The van der Waals surface area contributed by atoms with Crippen LogP contribution >= 0.6 is 0 Å². The Morgan fingerprint density at radius 3 is 1.96 bits per heavy atom. The van der Waals surface area contributed by atoms with Crippen LogP contribution in [0.3, 0.4) is 0 Å². The van der Waals surface area contributed by atoms with Crippen molar-refractivity contribution in [3.05, 3.63) is 76.4 Å². The molecule has 2 aromatic rings. The van der Waals surface area contributed by atoms with Gasteiger partial charge in [-0.15, -0.1) is 0 Å². The third-order valence-electron chi connectivity index (χ3n) is 6.10. The maximum absolute atomic E-state index is 4.01. The highest BCUT2D eigenvalue weighted by molar-refractivity contribution is 5.73. The third-order valence-corrected chi connectivity index (χ3v) is 6.10. The number of rotatable bonds is 3. The Morgan fingerprint density at radius 1 is 0.885 bits per heavy atom. The van der Waals surface area contributed by atoms with Crippen LogP contribution < -0.4 is 0 Å². The number of aryl methyl sites for hydroxylation is 1. The summed E-state index contributed by atoms with van der Waals surface area (Å²) in [6.07, 6.45) is 7.00. The predicted molar refractivity (Wildman–Crippen MR) is 117 cm³/mol. The molecule has 136 valence electrons. The number of benzene rings is 2. The minimum atomic E-state index is 0.254. The van der Waals surface area contributed by atoms with E-state index in [-0.39, 0.29) is 10.8 Å². The van der Waals surface area contributed by atoms with Crippen molar-refractivity contribution in [3.8, 4) is 0 Å². The van der Waals surface area contributed by atoms with E-state index in [1.54, 1.807) is 0 Å². The monoisotopic (exact) mass is 344 g/mol. The summed E-state index contributed by atoms with van der Waals surface area (Å²) < 4.78 is 0. The van der Waals surface area contributed by atoms with Crippen LogP contribution in [0, 0.1) is 6.92 Å². The van der Waals surface area contributed by atoms with E-state index in [2.05, 4.69) is 89.7 Å². The fraction of sp³-hybridized carbons (Fsp3) is 0.385. The van der Waals surface area contributed by atoms with E-state index in [1.165, 1.54) is 46.2 Å². The first-order chi connectivity index (χ1) is 12.1. The molecule has 0 bridgehead atoms. The van der Waals surface area contributed by atoms with Crippen LogP contribution in [0.1, 0.15) is 80.8 Å². The molecule has 2 aromatic carbocycles. The van der Waals surface area contributed by atoms with E-state index in [4.69, 9.17) is 0 Å². The van der Waals surface area contributed by atoms with Gasteiger partial charge in [0, 0.05) is 0 Å². The molecule has 0 radical (unpaired) electrons. The number of fused-ring (bicyclic) bond motifs is 1. The quantitative estimate of drug-likeness (QED) is 0.504. The summed E-state index contributed by atoms with van der Waals surface area (Å²) >= 11 is 0. The van der Waals surface area contributed by atoms with Gasteiger partial charge in [-0.3, -0.25) is 0 Å². The van der Waals surface area contributed by atoms with Crippen LogP contribution in [0.15, 0.2) is 43.0 Å². The van der Waals surface area contributed by atoms with Gasteiger partial charge in [0.15, 0.2) is 0 Å². The molecule has 0 heterocycles. The molecule has 0 fully saturated rings. The molecule has 1 aliphatic carbocycles. The van der Waals surface area contributed by atoms with Crippen LogP contribution in [0.2, 0.25) is 0 Å². The molecular formula is C26H32. The third kappa shape index (κ3) is 3.56. The van der Waals surface area contributed by atoms with Gasteiger partial charge < -0.3 is 0 Å². The van der Waals surface area contributed by atoms with Crippen molar-refractivity contribution in [2.45, 2.75) is 65.2 Å². The van der Waals surface area contributed by atoms with E-state index < -0.39 is 0 Å². The van der Waals surface area contributed by atoms with Gasteiger partial charge >= 0.3 is 0 Å². The normalized spacial score (nSPS) is 17.9. The SMILES string of the molecule is C=C(C)c1ccc(/C=C/c2cc3c(cc2C)C(C)(C)CCC3(C)C)cc1. The largest absolute Gasteiger partial charge is 0.0955 e. The Hall–Kier alpha value is -2.08. The Bertz CT molecular complexity index is 858. The van der Waals surface area contributed by atoms with Crippen molar-refractivity contribution < 1.29 is 0 Å². The van der Waals surface area contributed by atoms with Crippen molar-refractivity contribution in [3.63, 3.8) is 0 Å². The second-order valence-corrected chi connectivity index (χ2v) is 9.26. The van der Waals surface area contributed by atoms with E-state index in [0.29, 0.717) is 0 Å². The maximum Gasteiger partial charge on any atom is -0.0100 e. The van der Waals surface area contributed by atoms with Crippen molar-refractivity contribution in [1.29, 1.82) is 0 Å². The average molecular weight is 345 g/mol. The van der Waals surface area contributed by atoms with Crippen molar-refractivity contribution >= 4 is 17.7 Å². The van der Waals surface area contributed by atoms with Gasteiger partial charge in [0.1, 0.15) is 0 Å². The zero-order chi connectivity index (χ0) is 19.1. The molecule has 0 atom stereocenters.